The average molecular weight is 541 g/mol. The fourth-order valence-electron chi connectivity index (χ4n) is 4.87. The molecular formula is C29H33FN2O5S. The van der Waals surface area contributed by atoms with Gasteiger partial charge in [-0.3, -0.25) is 9.10 Å². The average Bonchev–Trinajstić information content (AvgIpc) is 2.92. The van der Waals surface area contributed by atoms with Crippen LogP contribution in [0.25, 0.3) is 0 Å². The zero-order valence-electron chi connectivity index (χ0n) is 21.9. The van der Waals surface area contributed by atoms with Crippen LogP contribution in [0.1, 0.15) is 34.3 Å². The monoisotopic (exact) mass is 540 g/mol. The molecule has 0 atom stereocenters. The van der Waals surface area contributed by atoms with Crippen molar-refractivity contribution in [3.05, 3.63) is 89.2 Å². The minimum absolute atomic E-state index is 0.116. The number of carbonyl (C=O) groups excluding carboxylic acids is 1. The fourth-order valence-corrected chi connectivity index (χ4v) is 5.75. The van der Waals surface area contributed by atoms with E-state index in [0.29, 0.717) is 24.8 Å². The molecule has 1 aliphatic rings. The standard InChI is InChI=1S/C29H33FN2O5S/c1-36-27-18-24(29(33)31-15-13-22(14-16-31)17-21-9-5-4-6-10-21)26(19-28(27)37-2)32(38(3,34)35)20-23-11-7-8-12-25(23)30/h4-12,18-19,22H,13-17,20H2,1-3H3. The van der Waals surface area contributed by atoms with Crippen molar-refractivity contribution in [3.8, 4) is 11.5 Å². The normalized spacial score (nSPS) is 14.3. The van der Waals surface area contributed by atoms with Gasteiger partial charge in [-0.15, -0.1) is 0 Å². The number of likely N-dealkylation sites (tertiary alicyclic amines) is 1. The molecule has 0 aliphatic carbocycles. The van der Waals surface area contributed by atoms with Crippen LogP contribution in [-0.2, 0) is 23.0 Å². The van der Waals surface area contributed by atoms with E-state index in [1.807, 2.05) is 18.2 Å². The zero-order valence-corrected chi connectivity index (χ0v) is 22.7. The van der Waals surface area contributed by atoms with Gasteiger partial charge in [0.05, 0.1) is 38.3 Å². The maximum absolute atomic E-state index is 14.5. The summed E-state index contributed by atoms with van der Waals surface area (Å²) in [5.74, 6) is 0.192. The van der Waals surface area contributed by atoms with Crippen molar-refractivity contribution >= 4 is 21.6 Å². The lowest BCUT2D eigenvalue weighted by Crippen LogP contribution is -2.40. The first-order valence-corrected chi connectivity index (χ1v) is 14.4. The summed E-state index contributed by atoms with van der Waals surface area (Å²) in [4.78, 5) is 15.6. The van der Waals surface area contributed by atoms with Gasteiger partial charge >= 0.3 is 0 Å². The molecule has 38 heavy (non-hydrogen) atoms. The molecule has 3 aromatic carbocycles. The van der Waals surface area contributed by atoms with Crippen LogP contribution in [0, 0.1) is 11.7 Å². The number of benzene rings is 3. The topological polar surface area (TPSA) is 76.2 Å². The number of halogens is 1. The lowest BCUT2D eigenvalue weighted by atomic mass is 9.90. The largest absolute Gasteiger partial charge is 0.493 e. The quantitative estimate of drug-likeness (QED) is 0.386. The van der Waals surface area contributed by atoms with Gasteiger partial charge in [0.25, 0.3) is 5.91 Å². The predicted octanol–water partition coefficient (Wildman–Crippen LogP) is 4.90. The number of carbonyl (C=O) groups is 1. The zero-order chi connectivity index (χ0) is 27.3. The molecule has 1 heterocycles. The number of ether oxygens (including phenoxy) is 2. The van der Waals surface area contributed by atoms with E-state index in [2.05, 4.69) is 12.1 Å². The first kappa shape index (κ1) is 27.4. The molecule has 0 radical (unpaired) electrons. The van der Waals surface area contributed by atoms with Crippen LogP contribution in [0.3, 0.4) is 0 Å². The lowest BCUT2D eigenvalue weighted by Gasteiger charge is -2.33. The third kappa shape index (κ3) is 6.27. The van der Waals surface area contributed by atoms with Crippen LogP contribution < -0.4 is 13.8 Å². The summed E-state index contributed by atoms with van der Waals surface area (Å²) in [6.45, 7) is 0.826. The fraction of sp³-hybridized carbons (Fsp3) is 0.345. The maximum atomic E-state index is 14.5. The maximum Gasteiger partial charge on any atom is 0.256 e. The van der Waals surface area contributed by atoms with E-state index >= 15 is 0 Å². The molecule has 0 bridgehead atoms. The Kier molecular flexibility index (Phi) is 8.56. The molecule has 1 fully saturated rings. The van der Waals surface area contributed by atoms with Crippen molar-refractivity contribution in [3.63, 3.8) is 0 Å². The Bertz CT molecular complexity index is 1370. The Morgan fingerprint density at radius 3 is 2.18 bits per heavy atom. The minimum atomic E-state index is -3.91. The highest BCUT2D eigenvalue weighted by Crippen LogP contribution is 2.38. The van der Waals surface area contributed by atoms with E-state index in [4.69, 9.17) is 9.47 Å². The van der Waals surface area contributed by atoms with Crippen molar-refractivity contribution in [2.24, 2.45) is 5.92 Å². The number of sulfonamides is 1. The van der Waals surface area contributed by atoms with Gasteiger partial charge in [-0.25, -0.2) is 12.8 Å². The third-order valence-corrected chi connectivity index (χ3v) is 8.07. The number of rotatable bonds is 9. The summed E-state index contributed by atoms with van der Waals surface area (Å²) >= 11 is 0. The van der Waals surface area contributed by atoms with Crippen molar-refractivity contribution < 1.29 is 27.1 Å². The molecule has 0 unspecified atom stereocenters. The van der Waals surface area contributed by atoms with E-state index in [0.717, 1.165) is 29.8 Å². The Hall–Kier alpha value is -3.59. The highest BCUT2D eigenvalue weighted by molar-refractivity contribution is 7.92. The second-order valence-corrected chi connectivity index (χ2v) is 11.4. The second kappa shape index (κ2) is 11.9. The van der Waals surface area contributed by atoms with Crippen LogP contribution in [0.5, 0.6) is 11.5 Å². The van der Waals surface area contributed by atoms with Crippen LogP contribution in [0.4, 0.5) is 10.1 Å². The molecule has 202 valence electrons. The van der Waals surface area contributed by atoms with Gasteiger partial charge in [0.2, 0.25) is 10.0 Å². The van der Waals surface area contributed by atoms with Crippen LogP contribution >= 0.6 is 0 Å². The molecule has 3 aromatic rings. The van der Waals surface area contributed by atoms with Crippen molar-refractivity contribution in [1.29, 1.82) is 0 Å². The number of piperidine rings is 1. The van der Waals surface area contributed by atoms with E-state index < -0.39 is 15.8 Å². The van der Waals surface area contributed by atoms with Gasteiger partial charge in [0, 0.05) is 24.7 Å². The smallest absolute Gasteiger partial charge is 0.256 e. The van der Waals surface area contributed by atoms with Crippen molar-refractivity contribution in [2.45, 2.75) is 25.8 Å². The Morgan fingerprint density at radius 2 is 1.58 bits per heavy atom. The van der Waals surface area contributed by atoms with Crippen molar-refractivity contribution in [2.75, 3.05) is 37.9 Å². The summed E-state index contributed by atoms with van der Waals surface area (Å²) in [7, 11) is -1.02. The van der Waals surface area contributed by atoms with Crippen molar-refractivity contribution in [1.82, 2.24) is 4.90 Å². The molecule has 7 nitrogen and oxygen atoms in total. The first-order valence-electron chi connectivity index (χ1n) is 12.5. The second-order valence-electron chi connectivity index (χ2n) is 9.51. The van der Waals surface area contributed by atoms with Crippen LogP contribution in [0.15, 0.2) is 66.7 Å². The summed E-state index contributed by atoms with van der Waals surface area (Å²) in [6.07, 6.45) is 3.67. The Morgan fingerprint density at radius 1 is 0.974 bits per heavy atom. The van der Waals surface area contributed by atoms with Gasteiger partial charge in [-0.1, -0.05) is 48.5 Å². The SMILES string of the molecule is COc1cc(C(=O)N2CCC(Cc3ccccc3)CC2)c(N(Cc2ccccc2F)S(C)(=O)=O)cc1OC. The molecule has 1 saturated heterocycles. The number of anilines is 1. The number of nitrogens with zero attached hydrogens (tertiary/aromatic N) is 2. The molecular weight excluding hydrogens is 507 g/mol. The van der Waals surface area contributed by atoms with E-state index in [1.54, 1.807) is 11.0 Å². The molecule has 1 aliphatic heterocycles. The highest BCUT2D eigenvalue weighted by Gasteiger charge is 2.31. The molecule has 9 heteroatoms. The van der Waals surface area contributed by atoms with Gasteiger partial charge in [-0.2, -0.15) is 0 Å². The summed E-state index contributed by atoms with van der Waals surface area (Å²) < 4.78 is 52.4. The number of methoxy groups -OCH3 is 2. The van der Waals surface area contributed by atoms with Gasteiger partial charge in [0.15, 0.2) is 11.5 Å². The predicted molar refractivity (Wildman–Crippen MR) is 146 cm³/mol. The van der Waals surface area contributed by atoms with Crippen LogP contribution in [-0.4, -0.2) is 52.8 Å². The third-order valence-electron chi connectivity index (χ3n) is 6.94. The molecule has 0 aromatic heterocycles. The molecule has 4 rings (SSSR count). The number of amides is 1. The highest BCUT2D eigenvalue weighted by atomic mass is 32.2. The van der Waals surface area contributed by atoms with Crippen LogP contribution in [0.2, 0.25) is 0 Å². The summed E-state index contributed by atoms with van der Waals surface area (Å²) in [5.41, 5.74) is 1.74. The minimum Gasteiger partial charge on any atom is -0.493 e. The molecule has 0 saturated carbocycles. The first-order chi connectivity index (χ1) is 18.2. The Balaban J connectivity index is 1.66. The molecule has 0 N–H and O–H groups in total. The summed E-state index contributed by atoms with van der Waals surface area (Å²) in [5, 5.41) is 0. The summed E-state index contributed by atoms with van der Waals surface area (Å²) in [6, 6.07) is 19.2. The Labute approximate surface area is 223 Å². The van der Waals surface area contributed by atoms with E-state index in [-0.39, 0.29) is 35.0 Å². The van der Waals surface area contributed by atoms with E-state index in [1.165, 1.54) is 50.1 Å². The van der Waals surface area contributed by atoms with Gasteiger partial charge < -0.3 is 14.4 Å². The van der Waals surface area contributed by atoms with E-state index in [9.17, 15) is 17.6 Å². The molecule has 0 spiro atoms. The molecule has 1 amide bonds. The number of hydrogen-bond donors (Lipinski definition) is 0. The van der Waals surface area contributed by atoms with Gasteiger partial charge in [-0.05, 0) is 42.9 Å². The van der Waals surface area contributed by atoms with Gasteiger partial charge in [0.1, 0.15) is 5.82 Å². The lowest BCUT2D eigenvalue weighted by molar-refractivity contribution is 0.0691. The number of hydrogen-bond acceptors (Lipinski definition) is 5.